The molecule has 0 unspecified atom stereocenters. The Hall–Kier alpha value is -5.10. The molecule has 0 atom stereocenters. The molecule has 9 heteroatoms. The average Bonchev–Trinajstić information content (AvgIpc) is 3.05. The third-order valence-electron chi connectivity index (χ3n) is 6.75. The summed E-state index contributed by atoms with van der Waals surface area (Å²) in [5, 5.41) is 19.7. The number of amides is 2. The topological polar surface area (TPSA) is 101 Å². The maximum Gasteiger partial charge on any atom is 0.275 e. The fraction of sp³-hybridized carbons (Fsp3) is 0. The highest BCUT2D eigenvalue weighted by Gasteiger charge is 2.45. The number of nitro groups is 1. The summed E-state index contributed by atoms with van der Waals surface area (Å²) < 4.78 is 0. The van der Waals surface area contributed by atoms with Crippen LogP contribution in [-0.2, 0) is 4.79 Å². The Morgan fingerprint density at radius 3 is 1.60 bits per heavy atom. The predicted octanol–water partition coefficient (Wildman–Crippen LogP) is 6.45. The van der Waals surface area contributed by atoms with Crippen molar-refractivity contribution >= 4 is 58.0 Å². The second-order valence-corrected chi connectivity index (χ2v) is 13.1. The lowest BCUT2D eigenvalue weighted by atomic mass is 10.2. The summed E-state index contributed by atoms with van der Waals surface area (Å²) in [7, 11) is -2.71. The first-order valence-electron chi connectivity index (χ1n) is 13.3. The molecule has 2 amide bonds. The van der Waals surface area contributed by atoms with Crippen molar-refractivity contribution in [3.63, 3.8) is 0 Å². The van der Waals surface area contributed by atoms with E-state index in [1.165, 1.54) is 12.1 Å². The molecule has 0 saturated carbocycles. The standard InChI is InChI=1S/C34H25ClN3O4P/c35-30-23-26(38(41)42)21-22-31(30)36-34(40)32(37-33(39)25-13-5-1-6-14-25)24-43(27-15-7-2-8-16-27,28-17-9-3-10-18-28)29-19-11-4-12-20-29/h1-24H,(H-,36,37,39,40)/p+1/b32-24+. The van der Waals surface area contributed by atoms with Gasteiger partial charge in [-0.05, 0) is 54.6 Å². The molecule has 212 valence electrons. The smallest absolute Gasteiger partial charge is 0.275 e. The zero-order valence-electron chi connectivity index (χ0n) is 22.8. The van der Waals surface area contributed by atoms with Crippen molar-refractivity contribution in [1.82, 2.24) is 5.32 Å². The van der Waals surface area contributed by atoms with Crippen LogP contribution in [0.15, 0.2) is 151 Å². The first kappa shape index (κ1) is 29.4. The van der Waals surface area contributed by atoms with Crippen molar-refractivity contribution in [3.8, 4) is 0 Å². The molecule has 0 aliphatic carbocycles. The Morgan fingerprint density at radius 2 is 1.16 bits per heavy atom. The molecule has 5 aromatic carbocycles. The molecule has 5 aromatic rings. The van der Waals surface area contributed by atoms with Crippen LogP contribution in [0, 0.1) is 10.1 Å². The molecule has 0 radical (unpaired) electrons. The van der Waals surface area contributed by atoms with E-state index in [0.717, 1.165) is 22.0 Å². The van der Waals surface area contributed by atoms with E-state index in [-0.39, 0.29) is 22.1 Å². The summed E-state index contributed by atoms with van der Waals surface area (Å²) >= 11 is 6.33. The fourth-order valence-corrected chi connectivity index (χ4v) is 8.75. The predicted molar refractivity (Wildman–Crippen MR) is 174 cm³/mol. The highest BCUT2D eigenvalue weighted by molar-refractivity contribution is 7.98. The van der Waals surface area contributed by atoms with Crippen molar-refractivity contribution < 1.29 is 14.5 Å². The normalized spacial score (nSPS) is 11.4. The van der Waals surface area contributed by atoms with Gasteiger partial charge in [0.25, 0.3) is 17.5 Å². The molecule has 43 heavy (non-hydrogen) atoms. The number of halogens is 1. The van der Waals surface area contributed by atoms with E-state index in [1.807, 2.05) is 96.8 Å². The Morgan fingerprint density at radius 1 is 0.698 bits per heavy atom. The molecule has 7 nitrogen and oxygen atoms in total. The number of nitrogens with zero attached hydrogens (tertiary/aromatic N) is 1. The first-order valence-corrected chi connectivity index (χ1v) is 15.5. The highest BCUT2D eigenvalue weighted by atomic mass is 35.5. The monoisotopic (exact) mass is 606 g/mol. The van der Waals surface area contributed by atoms with Crippen LogP contribution in [0.25, 0.3) is 0 Å². The van der Waals surface area contributed by atoms with Gasteiger partial charge in [-0.25, -0.2) is 0 Å². The van der Waals surface area contributed by atoms with Crippen molar-refractivity contribution in [1.29, 1.82) is 0 Å². The number of benzene rings is 5. The molecule has 0 aliphatic heterocycles. The summed E-state index contributed by atoms with van der Waals surface area (Å²) in [5.74, 6) is 0.749. The van der Waals surface area contributed by atoms with Crippen LogP contribution < -0.4 is 26.5 Å². The molecule has 0 fully saturated rings. The summed E-state index contributed by atoms with van der Waals surface area (Å²) in [6, 6.07) is 42.0. The summed E-state index contributed by atoms with van der Waals surface area (Å²) in [5.41, 5.74) is 0.337. The van der Waals surface area contributed by atoms with E-state index >= 15 is 0 Å². The Balaban J connectivity index is 1.72. The summed E-state index contributed by atoms with van der Waals surface area (Å²) in [6.07, 6.45) is 0. The van der Waals surface area contributed by atoms with Crippen LogP contribution in [-0.4, -0.2) is 16.7 Å². The second kappa shape index (κ2) is 13.3. The zero-order chi connectivity index (χ0) is 30.2. The zero-order valence-corrected chi connectivity index (χ0v) is 24.4. The van der Waals surface area contributed by atoms with Crippen LogP contribution in [0.4, 0.5) is 11.4 Å². The number of rotatable bonds is 9. The van der Waals surface area contributed by atoms with Gasteiger partial charge in [-0.2, -0.15) is 0 Å². The number of anilines is 1. The third-order valence-corrected chi connectivity index (χ3v) is 11.0. The Kier molecular flexibility index (Phi) is 9.06. The van der Waals surface area contributed by atoms with Crippen LogP contribution in [0.1, 0.15) is 10.4 Å². The maximum atomic E-state index is 14.1. The molecule has 0 saturated heterocycles. The van der Waals surface area contributed by atoms with Crippen molar-refractivity contribution in [3.05, 3.63) is 172 Å². The summed E-state index contributed by atoms with van der Waals surface area (Å²) in [6.45, 7) is 0. The molecule has 0 aliphatic rings. The van der Waals surface area contributed by atoms with E-state index in [9.17, 15) is 19.7 Å². The average molecular weight is 607 g/mol. The highest BCUT2D eigenvalue weighted by Crippen LogP contribution is 2.57. The summed E-state index contributed by atoms with van der Waals surface area (Å²) in [4.78, 5) is 38.2. The number of carbonyl (C=O) groups is 2. The molecule has 0 bridgehead atoms. The fourth-order valence-electron chi connectivity index (χ4n) is 4.69. The van der Waals surface area contributed by atoms with E-state index in [2.05, 4.69) is 10.6 Å². The van der Waals surface area contributed by atoms with E-state index < -0.39 is 24.0 Å². The molecule has 2 N–H and O–H groups in total. The maximum absolute atomic E-state index is 14.1. The number of carbonyl (C=O) groups excluding carboxylic acids is 2. The van der Waals surface area contributed by atoms with Crippen molar-refractivity contribution in [2.24, 2.45) is 0 Å². The number of non-ortho nitro benzene ring substituents is 1. The van der Waals surface area contributed by atoms with Gasteiger partial charge >= 0.3 is 0 Å². The van der Waals surface area contributed by atoms with Crippen LogP contribution in [0.3, 0.4) is 0 Å². The third kappa shape index (κ3) is 6.54. The number of hydrogen-bond acceptors (Lipinski definition) is 4. The molecular weight excluding hydrogens is 581 g/mol. The van der Waals surface area contributed by atoms with Crippen LogP contribution >= 0.6 is 18.9 Å². The van der Waals surface area contributed by atoms with Gasteiger partial charge in [0, 0.05) is 17.7 Å². The SMILES string of the molecule is O=C(Nc1ccc([N+](=O)[O-])cc1Cl)/C(=C\[P+](c1ccccc1)(c1ccccc1)c1ccccc1)NC(=O)c1ccccc1. The number of nitrogens with one attached hydrogen (secondary N) is 2. The van der Waals surface area contributed by atoms with Crippen molar-refractivity contribution in [2.45, 2.75) is 0 Å². The van der Waals surface area contributed by atoms with Gasteiger partial charge in [0.1, 0.15) is 34.7 Å². The van der Waals surface area contributed by atoms with Gasteiger partial charge in [0.15, 0.2) is 0 Å². The van der Waals surface area contributed by atoms with E-state index in [0.29, 0.717) is 5.56 Å². The minimum atomic E-state index is -2.71. The van der Waals surface area contributed by atoms with Crippen molar-refractivity contribution in [2.75, 3.05) is 5.32 Å². The van der Waals surface area contributed by atoms with Gasteiger partial charge in [0.2, 0.25) is 0 Å². The quantitative estimate of drug-likeness (QED) is 0.0871. The Bertz CT molecular complexity index is 1690. The van der Waals surface area contributed by atoms with Gasteiger partial charge < -0.3 is 10.6 Å². The van der Waals surface area contributed by atoms with E-state index in [4.69, 9.17) is 11.6 Å². The molecular formula is C34H26ClN3O4P+. The molecule has 0 spiro atoms. The minimum absolute atomic E-state index is 0.00756. The lowest BCUT2D eigenvalue weighted by molar-refractivity contribution is -0.384. The number of nitro benzene ring substituents is 1. The largest absolute Gasteiger partial charge is 0.319 e. The molecule has 5 rings (SSSR count). The van der Waals surface area contributed by atoms with E-state index in [1.54, 1.807) is 30.3 Å². The van der Waals surface area contributed by atoms with Crippen LogP contribution in [0.2, 0.25) is 5.02 Å². The second-order valence-electron chi connectivity index (χ2n) is 9.47. The van der Waals surface area contributed by atoms with Gasteiger partial charge in [-0.3, -0.25) is 19.7 Å². The molecule has 0 aromatic heterocycles. The van der Waals surface area contributed by atoms with Gasteiger partial charge in [-0.1, -0.05) is 84.4 Å². The molecule has 0 heterocycles. The minimum Gasteiger partial charge on any atom is -0.319 e. The van der Waals surface area contributed by atoms with Gasteiger partial charge in [-0.15, -0.1) is 0 Å². The number of hydrogen-bond donors (Lipinski definition) is 2. The first-order chi connectivity index (χ1) is 20.9. The van der Waals surface area contributed by atoms with Crippen LogP contribution in [0.5, 0.6) is 0 Å². The lowest BCUT2D eigenvalue weighted by Crippen LogP contribution is -2.35. The Labute approximate surface area is 254 Å². The van der Waals surface area contributed by atoms with Gasteiger partial charge in [0.05, 0.1) is 15.6 Å². The lowest BCUT2D eigenvalue weighted by Gasteiger charge is -2.25.